The normalized spacial score (nSPS) is 16.2. The molecule has 2 heterocycles. The van der Waals surface area contributed by atoms with E-state index in [9.17, 15) is 4.79 Å². The van der Waals surface area contributed by atoms with E-state index in [1.165, 1.54) is 32.4 Å². The summed E-state index contributed by atoms with van der Waals surface area (Å²) in [5.41, 5.74) is 1.07. The van der Waals surface area contributed by atoms with Crippen molar-refractivity contribution in [2.75, 3.05) is 19.6 Å². The standard InChI is InChI=1S/C18H23N3O2/c22-18-21(15-7-14-20-12-5-2-6-13-20)17(19-23-18)11-10-16-8-3-1-4-9-16/h1,3-4,8-11H,2,5-7,12-15H2. The van der Waals surface area contributed by atoms with Crippen molar-refractivity contribution in [1.29, 1.82) is 0 Å². The zero-order chi connectivity index (χ0) is 15.9. The minimum Gasteiger partial charge on any atom is -0.303 e. The quantitative estimate of drug-likeness (QED) is 0.823. The minimum absolute atomic E-state index is 0.378. The van der Waals surface area contributed by atoms with E-state index in [4.69, 9.17) is 4.52 Å². The van der Waals surface area contributed by atoms with Crippen LogP contribution in [0.3, 0.4) is 0 Å². The predicted octanol–water partition coefficient (Wildman–Crippen LogP) is 2.88. The van der Waals surface area contributed by atoms with Gasteiger partial charge in [-0.25, -0.2) is 4.79 Å². The number of hydrogen-bond donors (Lipinski definition) is 0. The molecule has 0 unspecified atom stereocenters. The van der Waals surface area contributed by atoms with E-state index in [1.807, 2.05) is 42.5 Å². The van der Waals surface area contributed by atoms with Gasteiger partial charge in [-0.2, -0.15) is 0 Å². The van der Waals surface area contributed by atoms with Gasteiger partial charge in [0.2, 0.25) is 0 Å². The van der Waals surface area contributed by atoms with E-state index in [1.54, 1.807) is 4.57 Å². The number of hydrogen-bond acceptors (Lipinski definition) is 4. The summed E-state index contributed by atoms with van der Waals surface area (Å²) < 4.78 is 6.43. The van der Waals surface area contributed by atoms with Crippen LogP contribution in [0.1, 0.15) is 37.1 Å². The van der Waals surface area contributed by atoms with Gasteiger partial charge in [-0.1, -0.05) is 48.0 Å². The van der Waals surface area contributed by atoms with Crippen LogP contribution in [0.25, 0.3) is 12.2 Å². The van der Waals surface area contributed by atoms with Crippen molar-refractivity contribution in [1.82, 2.24) is 14.6 Å². The topological polar surface area (TPSA) is 51.3 Å². The smallest absolute Gasteiger partial charge is 0.303 e. The molecule has 0 bridgehead atoms. The van der Waals surface area contributed by atoms with Gasteiger partial charge in [0, 0.05) is 6.54 Å². The molecule has 5 nitrogen and oxygen atoms in total. The molecule has 1 aromatic heterocycles. The molecule has 3 rings (SSSR count). The summed E-state index contributed by atoms with van der Waals surface area (Å²) in [5, 5.41) is 3.87. The molecular formula is C18H23N3O2. The van der Waals surface area contributed by atoms with Gasteiger partial charge in [0.25, 0.3) is 0 Å². The average molecular weight is 313 g/mol. The SMILES string of the molecule is O=c1onc(C=Cc2ccccc2)n1CCCN1CCCCC1. The maximum absolute atomic E-state index is 11.8. The van der Waals surface area contributed by atoms with Crippen molar-refractivity contribution in [2.45, 2.75) is 32.2 Å². The largest absolute Gasteiger partial charge is 0.441 e. The Morgan fingerprint density at radius 3 is 2.61 bits per heavy atom. The summed E-state index contributed by atoms with van der Waals surface area (Å²) in [6.45, 7) is 4.03. The van der Waals surface area contributed by atoms with E-state index in [0.717, 1.165) is 18.5 Å². The highest BCUT2D eigenvalue weighted by molar-refractivity contribution is 5.66. The Balaban J connectivity index is 1.60. The lowest BCUT2D eigenvalue weighted by atomic mass is 10.1. The van der Waals surface area contributed by atoms with Gasteiger partial charge in [-0.15, -0.1) is 0 Å². The maximum Gasteiger partial charge on any atom is 0.441 e. The average Bonchev–Trinajstić information content (AvgIpc) is 2.95. The lowest BCUT2D eigenvalue weighted by molar-refractivity contribution is 0.222. The fraction of sp³-hybridized carbons (Fsp3) is 0.444. The molecule has 0 N–H and O–H groups in total. The second-order valence-corrected chi connectivity index (χ2v) is 5.96. The molecule has 122 valence electrons. The number of rotatable bonds is 6. The molecule has 1 aliphatic heterocycles. The Labute approximate surface area is 136 Å². The summed E-state index contributed by atoms with van der Waals surface area (Å²) in [6, 6.07) is 9.96. The van der Waals surface area contributed by atoms with Gasteiger partial charge >= 0.3 is 5.76 Å². The summed E-state index contributed by atoms with van der Waals surface area (Å²) in [5.74, 6) is 0.203. The number of aromatic nitrogens is 2. The molecule has 0 aliphatic carbocycles. The maximum atomic E-state index is 11.8. The third kappa shape index (κ3) is 4.42. The molecule has 0 amide bonds. The number of piperidine rings is 1. The lowest BCUT2D eigenvalue weighted by Crippen LogP contribution is -2.31. The van der Waals surface area contributed by atoms with E-state index in [0.29, 0.717) is 12.4 Å². The van der Waals surface area contributed by atoms with Crippen LogP contribution in [0.2, 0.25) is 0 Å². The summed E-state index contributed by atoms with van der Waals surface area (Å²) in [7, 11) is 0. The van der Waals surface area contributed by atoms with Gasteiger partial charge in [-0.05, 0) is 50.5 Å². The molecule has 1 saturated heterocycles. The third-order valence-electron chi connectivity index (χ3n) is 4.24. The van der Waals surface area contributed by atoms with Crippen molar-refractivity contribution in [3.8, 4) is 0 Å². The lowest BCUT2D eigenvalue weighted by Gasteiger charge is -2.26. The van der Waals surface area contributed by atoms with Crippen molar-refractivity contribution in [2.24, 2.45) is 0 Å². The molecule has 2 aromatic rings. The molecule has 1 aliphatic rings. The number of likely N-dealkylation sites (tertiary alicyclic amines) is 1. The van der Waals surface area contributed by atoms with Crippen LogP contribution in [0, 0.1) is 0 Å². The molecule has 1 fully saturated rings. The highest BCUT2D eigenvalue weighted by Crippen LogP contribution is 2.10. The molecule has 5 heteroatoms. The Hall–Kier alpha value is -2.14. The Morgan fingerprint density at radius 2 is 1.83 bits per heavy atom. The molecule has 0 spiro atoms. The zero-order valence-corrected chi connectivity index (χ0v) is 13.4. The van der Waals surface area contributed by atoms with Crippen molar-refractivity contribution in [3.05, 3.63) is 52.3 Å². The number of nitrogens with zero attached hydrogens (tertiary/aromatic N) is 3. The highest BCUT2D eigenvalue weighted by Gasteiger charge is 2.11. The minimum atomic E-state index is -0.378. The van der Waals surface area contributed by atoms with Crippen LogP contribution in [-0.4, -0.2) is 34.3 Å². The van der Waals surface area contributed by atoms with E-state index in [-0.39, 0.29) is 5.76 Å². The van der Waals surface area contributed by atoms with E-state index >= 15 is 0 Å². The Bertz CT molecular complexity index is 682. The highest BCUT2D eigenvalue weighted by atomic mass is 16.5. The van der Waals surface area contributed by atoms with Gasteiger partial charge < -0.3 is 4.90 Å². The summed E-state index contributed by atoms with van der Waals surface area (Å²) in [6.07, 6.45) is 8.64. The molecule has 0 radical (unpaired) electrons. The molecule has 23 heavy (non-hydrogen) atoms. The van der Waals surface area contributed by atoms with Crippen molar-refractivity contribution >= 4 is 12.2 Å². The van der Waals surface area contributed by atoms with Gasteiger partial charge in [-0.3, -0.25) is 9.09 Å². The van der Waals surface area contributed by atoms with Crippen LogP contribution in [0.5, 0.6) is 0 Å². The van der Waals surface area contributed by atoms with E-state index in [2.05, 4.69) is 10.1 Å². The molecule has 0 atom stereocenters. The molecule has 1 aromatic carbocycles. The number of benzene rings is 1. The summed E-state index contributed by atoms with van der Waals surface area (Å²) >= 11 is 0. The van der Waals surface area contributed by atoms with Gasteiger partial charge in [0.05, 0.1) is 0 Å². The summed E-state index contributed by atoms with van der Waals surface area (Å²) in [4.78, 5) is 14.3. The van der Waals surface area contributed by atoms with Gasteiger partial charge in [0.15, 0.2) is 5.82 Å². The second kappa shape index (κ2) is 7.92. The Kier molecular flexibility index (Phi) is 5.42. The van der Waals surface area contributed by atoms with Crippen LogP contribution in [0.4, 0.5) is 0 Å². The van der Waals surface area contributed by atoms with Crippen LogP contribution in [-0.2, 0) is 6.54 Å². The fourth-order valence-electron chi connectivity index (χ4n) is 2.97. The first-order valence-corrected chi connectivity index (χ1v) is 8.35. The van der Waals surface area contributed by atoms with Crippen molar-refractivity contribution < 1.29 is 4.52 Å². The third-order valence-corrected chi connectivity index (χ3v) is 4.24. The predicted molar refractivity (Wildman–Crippen MR) is 91.0 cm³/mol. The van der Waals surface area contributed by atoms with Gasteiger partial charge in [0.1, 0.15) is 0 Å². The van der Waals surface area contributed by atoms with E-state index < -0.39 is 0 Å². The first-order valence-electron chi connectivity index (χ1n) is 8.35. The second-order valence-electron chi connectivity index (χ2n) is 5.96. The molecule has 0 saturated carbocycles. The fourth-order valence-corrected chi connectivity index (χ4v) is 2.97. The van der Waals surface area contributed by atoms with Crippen LogP contribution >= 0.6 is 0 Å². The first-order chi connectivity index (χ1) is 11.3. The van der Waals surface area contributed by atoms with Crippen LogP contribution in [0.15, 0.2) is 39.6 Å². The molecular weight excluding hydrogens is 290 g/mol. The first kappa shape index (κ1) is 15.7. The monoisotopic (exact) mass is 313 g/mol. The zero-order valence-electron chi connectivity index (χ0n) is 13.4. The van der Waals surface area contributed by atoms with Crippen molar-refractivity contribution in [3.63, 3.8) is 0 Å². The van der Waals surface area contributed by atoms with Crippen LogP contribution < -0.4 is 5.76 Å². The Morgan fingerprint density at radius 1 is 1.04 bits per heavy atom.